The van der Waals surface area contributed by atoms with Crippen LogP contribution in [0.15, 0.2) is 0 Å². The predicted octanol–water partition coefficient (Wildman–Crippen LogP) is 1.12. The van der Waals surface area contributed by atoms with Gasteiger partial charge in [0.1, 0.15) is 0 Å². The maximum atomic E-state index is 11.3. The van der Waals surface area contributed by atoms with Crippen LogP contribution in [0.2, 0.25) is 0 Å². The summed E-state index contributed by atoms with van der Waals surface area (Å²) < 4.78 is 4.65. The third-order valence-electron chi connectivity index (χ3n) is 3.91. The number of ether oxygens (including phenoxy) is 1. The molecule has 3 unspecified atom stereocenters. The molecule has 0 amide bonds. The van der Waals surface area contributed by atoms with Gasteiger partial charge in [0.15, 0.2) is 0 Å². The van der Waals surface area contributed by atoms with Crippen molar-refractivity contribution in [3.05, 3.63) is 0 Å². The number of carbonyl (C=O) groups excluding carboxylic acids is 2. The molecule has 0 aromatic heterocycles. The molecule has 2 rings (SSSR count). The molecule has 0 aromatic rings. The summed E-state index contributed by atoms with van der Waals surface area (Å²) in [5.41, 5.74) is -1.09. The molecule has 0 radical (unpaired) electrons. The molecular weight excluding hydrogens is 156 g/mol. The molecule has 0 aromatic carbocycles. The summed E-state index contributed by atoms with van der Waals surface area (Å²) in [6, 6.07) is 0. The third kappa shape index (κ3) is 0.490. The monoisotopic (exact) mass is 168 g/mol. The van der Waals surface area contributed by atoms with Crippen LogP contribution in [0.25, 0.3) is 0 Å². The summed E-state index contributed by atoms with van der Waals surface area (Å²) in [6.07, 6.45) is 0.772. The Morgan fingerprint density at radius 1 is 1.33 bits per heavy atom. The number of carbonyl (C=O) groups is 2. The average Bonchev–Trinajstić information content (AvgIpc) is 2.12. The van der Waals surface area contributed by atoms with Crippen molar-refractivity contribution in [3.63, 3.8) is 0 Å². The summed E-state index contributed by atoms with van der Waals surface area (Å²) >= 11 is 0. The summed E-state index contributed by atoms with van der Waals surface area (Å²) in [5, 5.41) is 0. The van der Waals surface area contributed by atoms with E-state index in [0.29, 0.717) is 0 Å². The van der Waals surface area contributed by atoms with Crippen molar-refractivity contribution in [3.8, 4) is 0 Å². The second-order valence-corrected chi connectivity index (χ2v) is 4.32. The van der Waals surface area contributed by atoms with E-state index in [9.17, 15) is 9.59 Å². The van der Waals surface area contributed by atoms with Crippen molar-refractivity contribution in [2.75, 3.05) is 0 Å². The molecule has 1 saturated carbocycles. The van der Waals surface area contributed by atoms with Gasteiger partial charge in [-0.05, 0) is 26.2 Å². The molecule has 0 N–H and O–H groups in total. The van der Waals surface area contributed by atoms with Crippen molar-refractivity contribution in [2.45, 2.75) is 27.2 Å². The largest absolute Gasteiger partial charge is 0.392 e. The molecule has 1 aliphatic heterocycles. The summed E-state index contributed by atoms with van der Waals surface area (Å²) in [4.78, 5) is 22.6. The van der Waals surface area contributed by atoms with Gasteiger partial charge in [-0.3, -0.25) is 9.59 Å². The minimum Gasteiger partial charge on any atom is -0.392 e. The second-order valence-electron chi connectivity index (χ2n) is 4.32. The van der Waals surface area contributed by atoms with E-state index >= 15 is 0 Å². The zero-order valence-electron chi connectivity index (χ0n) is 7.51. The SMILES string of the molecule is CC1CC2(C)C(=O)OC(=O)C12C. The number of cyclic esters (lactones) is 2. The van der Waals surface area contributed by atoms with E-state index in [1.165, 1.54) is 0 Å². The zero-order chi connectivity index (χ0) is 9.15. The Morgan fingerprint density at radius 2 is 1.92 bits per heavy atom. The third-order valence-corrected chi connectivity index (χ3v) is 3.91. The van der Waals surface area contributed by atoms with Crippen LogP contribution in [0.5, 0.6) is 0 Å². The van der Waals surface area contributed by atoms with Gasteiger partial charge < -0.3 is 4.74 Å². The second kappa shape index (κ2) is 1.73. The van der Waals surface area contributed by atoms with Crippen LogP contribution >= 0.6 is 0 Å². The highest BCUT2D eigenvalue weighted by Gasteiger charge is 2.72. The van der Waals surface area contributed by atoms with Gasteiger partial charge >= 0.3 is 11.9 Å². The van der Waals surface area contributed by atoms with Crippen LogP contribution in [0.3, 0.4) is 0 Å². The van der Waals surface area contributed by atoms with Crippen molar-refractivity contribution >= 4 is 11.9 Å². The van der Waals surface area contributed by atoms with Gasteiger partial charge in [-0.2, -0.15) is 0 Å². The Labute approximate surface area is 71.1 Å². The number of hydrogen-bond donors (Lipinski definition) is 0. The maximum absolute atomic E-state index is 11.3. The first-order valence-corrected chi connectivity index (χ1v) is 4.19. The van der Waals surface area contributed by atoms with Crippen LogP contribution < -0.4 is 0 Å². The zero-order valence-corrected chi connectivity index (χ0v) is 7.51. The predicted molar refractivity (Wildman–Crippen MR) is 41.1 cm³/mol. The Morgan fingerprint density at radius 3 is 2.25 bits per heavy atom. The van der Waals surface area contributed by atoms with Crippen molar-refractivity contribution < 1.29 is 14.3 Å². The standard InChI is InChI=1S/C9H12O3/c1-5-4-8(2)6(10)12-7(11)9(5,8)3/h5H,4H2,1-3H3. The van der Waals surface area contributed by atoms with Gasteiger partial charge in [-0.15, -0.1) is 0 Å². The van der Waals surface area contributed by atoms with Crippen LogP contribution in [0, 0.1) is 16.7 Å². The molecule has 1 aliphatic carbocycles. The van der Waals surface area contributed by atoms with Crippen molar-refractivity contribution in [2.24, 2.45) is 16.7 Å². The normalized spacial score (nSPS) is 51.4. The highest BCUT2D eigenvalue weighted by Crippen LogP contribution is 2.64. The van der Waals surface area contributed by atoms with Crippen LogP contribution in [-0.4, -0.2) is 11.9 Å². The molecule has 1 saturated heterocycles. The highest BCUT2D eigenvalue weighted by molar-refractivity contribution is 6.03. The fraction of sp³-hybridized carbons (Fsp3) is 0.778. The van der Waals surface area contributed by atoms with E-state index in [1.54, 1.807) is 0 Å². The lowest BCUT2D eigenvalue weighted by atomic mass is 9.47. The lowest BCUT2D eigenvalue weighted by Gasteiger charge is -2.50. The first-order valence-electron chi connectivity index (χ1n) is 4.19. The van der Waals surface area contributed by atoms with E-state index in [1.807, 2.05) is 20.8 Å². The minimum atomic E-state index is -0.552. The molecule has 3 nitrogen and oxygen atoms in total. The topological polar surface area (TPSA) is 43.4 Å². The molecule has 66 valence electrons. The van der Waals surface area contributed by atoms with Gasteiger partial charge in [0.05, 0.1) is 10.8 Å². The first kappa shape index (κ1) is 7.77. The lowest BCUT2D eigenvalue weighted by Crippen LogP contribution is -2.56. The van der Waals surface area contributed by atoms with Crippen LogP contribution in [0.1, 0.15) is 27.2 Å². The quantitative estimate of drug-likeness (QED) is 0.402. The smallest absolute Gasteiger partial charge is 0.320 e. The molecule has 0 bridgehead atoms. The Kier molecular flexibility index (Phi) is 1.12. The van der Waals surface area contributed by atoms with Crippen LogP contribution in [-0.2, 0) is 14.3 Å². The summed E-state index contributed by atoms with van der Waals surface area (Å²) in [5.74, 6) is -0.414. The molecule has 2 fully saturated rings. The number of rotatable bonds is 0. The number of esters is 2. The van der Waals surface area contributed by atoms with Gasteiger partial charge in [0, 0.05) is 0 Å². The maximum Gasteiger partial charge on any atom is 0.320 e. The van der Waals surface area contributed by atoms with E-state index < -0.39 is 10.8 Å². The van der Waals surface area contributed by atoms with E-state index in [-0.39, 0.29) is 17.9 Å². The highest BCUT2D eigenvalue weighted by atomic mass is 16.6. The van der Waals surface area contributed by atoms with Crippen molar-refractivity contribution in [1.82, 2.24) is 0 Å². The number of fused-ring (bicyclic) bond motifs is 1. The van der Waals surface area contributed by atoms with Crippen molar-refractivity contribution in [1.29, 1.82) is 0 Å². The lowest BCUT2D eigenvalue weighted by molar-refractivity contribution is -0.157. The molecule has 1 heterocycles. The van der Waals surface area contributed by atoms with Gasteiger partial charge in [-0.1, -0.05) is 6.92 Å². The van der Waals surface area contributed by atoms with Gasteiger partial charge in [0.25, 0.3) is 0 Å². The summed E-state index contributed by atoms with van der Waals surface area (Å²) in [6.45, 7) is 5.64. The van der Waals surface area contributed by atoms with E-state index in [2.05, 4.69) is 4.74 Å². The van der Waals surface area contributed by atoms with E-state index in [0.717, 1.165) is 6.42 Å². The Balaban J connectivity index is 2.49. The van der Waals surface area contributed by atoms with Gasteiger partial charge in [-0.25, -0.2) is 0 Å². The minimum absolute atomic E-state index is 0.265. The molecule has 3 heteroatoms. The molecule has 12 heavy (non-hydrogen) atoms. The molecule has 0 spiro atoms. The van der Waals surface area contributed by atoms with E-state index in [4.69, 9.17) is 0 Å². The average molecular weight is 168 g/mol. The molecule has 2 aliphatic rings. The molecule has 3 atom stereocenters. The Bertz CT molecular complexity index is 283. The molecular formula is C9H12O3. The first-order chi connectivity index (χ1) is 5.43. The fourth-order valence-corrected chi connectivity index (χ4v) is 2.47. The Hall–Kier alpha value is -0.860. The fourth-order valence-electron chi connectivity index (χ4n) is 2.47. The summed E-state index contributed by atoms with van der Waals surface area (Å²) in [7, 11) is 0. The number of hydrogen-bond acceptors (Lipinski definition) is 3. The van der Waals surface area contributed by atoms with Gasteiger partial charge in [0.2, 0.25) is 0 Å². The van der Waals surface area contributed by atoms with Crippen LogP contribution in [0.4, 0.5) is 0 Å².